The van der Waals surface area contributed by atoms with E-state index < -0.39 is 5.97 Å². The molecule has 0 saturated heterocycles. The second kappa shape index (κ2) is 4.64. The summed E-state index contributed by atoms with van der Waals surface area (Å²) in [6.45, 7) is 1.61. The number of nitrogens with two attached hydrogens (primary N) is 1. The average molecular weight is 234 g/mol. The fraction of sp³-hybridized carbons (Fsp3) is 0.222. The minimum atomic E-state index is -0.464. The highest BCUT2D eigenvalue weighted by Crippen LogP contribution is 2.34. The van der Waals surface area contributed by atoms with Crippen LogP contribution in [0.15, 0.2) is 12.1 Å². The number of rotatable bonds is 2. The molecule has 0 amide bonds. The summed E-state index contributed by atoms with van der Waals surface area (Å²) in [6, 6.07) is 3.23. The molecule has 76 valence electrons. The van der Waals surface area contributed by atoms with Crippen LogP contribution in [0.4, 0.5) is 0 Å². The normalized spacial score (nSPS) is 10.0. The van der Waals surface area contributed by atoms with Crippen molar-refractivity contribution in [2.75, 3.05) is 0 Å². The number of carbonyl (C=O) groups excluding carboxylic acids is 1. The van der Waals surface area contributed by atoms with Crippen molar-refractivity contribution in [2.24, 2.45) is 5.73 Å². The van der Waals surface area contributed by atoms with E-state index in [9.17, 15) is 4.79 Å². The Hall–Kier alpha value is -0.770. The van der Waals surface area contributed by atoms with Crippen LogP contribution in [0.1, 0.15) is 12.5 Å². The third-order valence-electron chi connectivity index (χ3n) is 1.54. The van der Waals surface area contributed by atoms with Crippen LogP contribution in [0, 0.1) is 0 Å². The number of benzene rings is 1. The summed E-state index contributed by atoms with van der Waals surface area (Å²) < 4.78 is 4.83. The Balaban J connectivity index is 3.11. The van der Waals surface area contributed by atoms with Crippen molar-refractivity contribution in [3.63, 3.8) is 0 Å². The quantitative estimate of drug-likeness (QED) is 0.631. The zero-order valence-electron chi connectivity index (χ0n) is 7.51. The first-order valence-electron chi connectivity index (χ1n) is 3.91. The van der Waals surface area contributed by atoms with E-state index in [1.807, 2.05) is 0 Å². The third-order valence-corrected chi connectivity index (χ3v) is 2.10. The monoisotopic (exact) mass is 233 g/mol. The zero-order chi connectivity index (χ0) is 10.7. The van der Waals surface area contributed by atoms with Crippen molar-refractivity contribution in [3.05, 3.63) is 27.7 Å². The van der Waals surface area contributed by atoms with E-state index in [0.717, 1.165) is 5.56 Å². The zero-order valence-corrected chi connectivity index (χ0v) is 9.02. The molecule has 2 N–H and O–H groups in total. The molecule has 0 aliphatic rings. The lowest BCUT2D eigenvalue weighted by atomic mass is 10.2. The van der Waals surface area contributed by atoms with Crippen LogP contribution in [0.5, 0.6) is 5.75 Å². The van der Waals surface area contributed by atoms with Crippen molar-refractivity contribution < 1.29 is 9.53 Å². The van der Waals surface area contributed by atoms with Gasteiger partial charge in [-0.15, -0.1) is 0 Å². The fourth-order valence-electron chi connectivity index (χ4n) is 0.971. The molecular formula is C9H9Cl2NO2. The van der Waals surface area contributed by atoms with E-state index >= 15 is 0 Å². The summed E-state index contributed by atoms with van der Waals surface area (Å²) in [6.07, 6.45) is 0. The van der Waals surface area contributed by atoms with Crippen molar-refractivity contribution in [2.45, 2.75) is 13.5 Å². The van der Waals surface area contributed by atoms with Crippen molar-refractivity contribution in [1.82, 2.24) is 0 Å². The number of hydrogen-bond donors (Lipinski definition) is 1. The standard InChI is InChI=1S/C9H9Cl2NO2/c1-5(13)14-9-7(10)2-6(4-12)3-8(9)11/h2-3H,4,12H2,1H3. The first-order chi connectivity index (χ1) is 6.54. The van der Waals surface area contributed by atoms with Crippen molar-refractivity contribution in [3.8, 4) is 5.75 Å². The molecule has 5 heteroatoms. The molecule has 1 aromatic carbocycles. The Labute approximate surface area is 91.7 Å². The molecule has 0 aliphatic heterocycles. The van der Waals surface area contributed by atoms with E-state index in [0.29, 0.717) is 6.54 Å². The predicted molar refractivity (Wildman–Crippen MR) is 55.7 cm³/mol. The van der Waals surface area contributed by atoms with Gasteiger partial charge < -0.3 is 10.5 Å². The van der Waals surface area contributed by atoms with Crippen LogP contribution in [-0.2, 0) is 11.3 Å². The van der Waals surface area contributed by atoms with Gasteiger partial charge in [0.2, 0.25) is 0 Å². The van der Waals surface area contributed by atoms with Crippen molar-refractivity contribution >= 4 is 29.2 Å². The molecule has 3 nitrogen and oxygen atoms in total. The van der Waals surface area contributed by atoms with Gasteiger partial charge in [0.15, 0.2) is 5.75 Å². The molecule has 1 aromatic rings. The number of hydrogen-bond acceptors (Lipinski definition) is 3. The van der Waals surface area contributed by atoms with Gasteiger partial charge in [0.25, 0.3) is 0 Å². The molecule has 0 aromatic heterocycles. The predicted octanol–water partition coefficient (Wildman–Crippen LogP) is 2.38. The fourth-order valence-corrected chi connectivity index (χ4v) is 1.58. The molecule has 0 radical (unpaired) electrons. The maximum Gasteiger partial charge on any atom is 0.308 e. The maximum atomic E-state index is 10.7. The summed E-state index contributed by atoms with van der Waals surface area (Å²) in [4.78, 5) is 10.7. The van der Waals surface area contributed by atoms with Gasteiger partial charge in [0.1, 0.15) is 0 Å². The number of ether oxygens (including phenoxy) is 1. The van der Waals surface area contributed by atoms with Crippen LogP contribution in [-0.4, -0.2) is 5.97 Å². The molecule has 0 bridgehead atoms. The number of esters is 1. The lowest BCUT2D eigenvalue weighted by molar-refractivity contribution is -0.131. The van der Waals surface area contributed by atoms with Crippen LogP contribution in [0.2, 0.25) is 10.0 Å². The van der Waals surface area contributed by atoms with Crippen molar-refractivity contribution in [1.29, 1.82) is 0 Å². The van der Waals surface area contributed by atoms with Gasteiger partial charge in [-0.1, -0.05) is 23.2 Å². The topological polar surface area (TPSA) is 52.3 Å². The van der Waals surface area contributed by atoms with Crippen LogP contribution in [0.3, 0.4) is 0 Å². The Bertz CT molecular complexity index is 343. The molecule has 0 unspecified atom stereocenters. The first kappa shape index (κ1) is 11.3. The minimum Gasteiger partial charge on any atom is -0.424 e. The van der Waals surface area contributed by atoms with E-state index in [4.69, 9.17) is 33.7 Å². The SMILES string of the molecule is CC(=O)Oc1c(Cl)cc(CN)cc1Cl. The molecule has 0 fully saturated rings. The third kappa shape index (κ3) is 2.61. The summed E-state index contributed by atoms with van der Waals surface area (Å²) in [5.41, 5.74) is 6.20. The number of halogens is 2. The van der Waals surface area contributed by atoms with Gasteiger partial charge in [-0.05, 0) is 17.7 Å². The summed E-state index contributed by atoms with van der Waals surface area (Å²) in [7, 11) is 0. The molecule has 0 aliphatic carbocycles. The maximum absolute atomic E-state index is 10.7. The Kier molecular flexibility index (Phi) is 3.75. The number of carbonyl (C=O) groups is 1. The molecule has 0 spiro atoms. The molecular weight excluding hydrogens is 225 g/mol. The Morgan fingerprint density at radius 3 is 2.29 bits per heavy atom. The largest absolute Gasteiger partial charge is 0.424 e. The summed E-state index contributed by atoms with van der Waals surface area (Å²) >= 11 is 11.7. The molecule has 0 saturated carbocycles. The van der Waals surface area contributed by atoms with Gasteiger partial charge in [-0.25, -0.2) is 0 Å². The minimum absolute atomic E-state index is 0.179. The lowest BCUT2D eigenvalue weighted by Crippen LogP contribution is -2.03. The highest BCUT2D eigenvalue weighted by Gasteiger charge is 2.10. The van der Waals surface area contributed by atoms with E-state index in [1.165, 1.54) is 6.92 Å². The Morgan fingerprint density at radius 2 is 1.93 bits per heavy atom. The van der Waals surface area contributed by atoms with Crippen LogP contribution >= 0.6 is 23.2 Å². The van der Waals surface area contributed by atoms with Gasteiger partial charge in [0.05, 0.1) is 10.0 Å². The second-order valence-electron chi connectivity index (χ2n) is 2.69. The summed E-state index contributed by atoms with van der Waals surface area (Å²) in [5, 5.41) is 0.571. The summed E-state index contributed by atoms with van der Waals surface area (Å²) in [5.74, 6) is -0.285. The molecule has 14 heavy (non-hydrogen) atoms. The second-order valence-corrected chi connectivity index (χ2v) is 3.50. The highest BCUT2D eigenvalue weighted by atomic mass is 35.5. The van der Waals surface area contributed by atoms with E-state index in [1.54, 1.807) is 12.1 Å². The van der Waals surface area contributed by atoms with E-state index in [-0.39, 0.29) is 15.8 Å². The van der Waals surface area contributed by atoms with Gasteiger partial charge in [-0.2, -0.15) is 0 Å². The lowest BCUT2D eigenvalue weighted by Gasteiger charge is -2.07. The van der Waals surface area contributed by atoms with E-state index in [2.05, 4.69) is 0 Å². The van der Waals surface area contributed by atoms with Gasteiger partial charge in [-0.3, -0.25) is 4.79 Å². The van der Waals surface area contributed by atoms with Gasteiger partial charge in [0, 0.05) is 13.5 Å². The Morgan fingerprint density at radius 1 is 1.43 bits per heavy atom. The van der Waals surface area contributed by atoms with Crippen LogP contribution in [0.25, 0.3) is 0 Å². The molecule has 1 rings (SSSR count). The first-order valence-corrected chi connectivity index (χ1v) is 4.66. The van der Waals surface area contributed by atoms with Crippen LogP contribution < -0.4 is 10.5 Å². The smallest absolute Gasteiger partial charge is 0.308 e. The highest BCUT2D eigenvalue weighted by molar-refractivity contribution is 6.37. The molecule has 0 heterocycles. The molecule has 0 atom stereocenters. The average Bonchev–Trinajstić information content (AvgIpc) is 2.10. The van der Waals surface area contributed by atoms with Gasteiger partial charge >= 0.3 is 5.97 Å².